The summed E-state index contributed by atoms with van der Waals surface area (Å²) in [7, 11) is -4.21. The summed E-state index contributed by atoms with van der Waals surface area (Å²) in [6, 6.07) is 3.96. The van der Waals surface area contributed by atoms with Crippen LogP contribution in [0.1, 0.15) is 16.1 Å². The van der Waals surface area contributed by atoms with Crippen LogP contribution >= 0.6 is 0 Å². The fraction of sp³-hybridized carbons (Fsp3) is 0.294. The van der Waals surface area contributed by atoms with Crippen LogP contribution in [0.15, 0.2) is 40.0 Å². The van der Waals surface area contributed by atoms with E-state index in [1.54, 1.807) is 4.98 Å². The average molecular weight is 449 g/mol. The molecule has 0 spiro atoms. The van der Waals surface area contributed by atoms with E-state index in [0.717, 1.165) is 22.5 Å². The summed E-state index contributed by atoms with van der Waals surface area (Å²) in [5.41, 5.74) is -3.41. The van der Waals surface area contributed by atoms with Gasteiger partial charge < -0.3 is 15.0 Å². The van der Waals surface area contributed by atoms with Crippen LogP contribution in [0.25, 0.3) is 0 Å². The molecule has 1 aromatic carbocycles. The highest BCUT2D eigenvalue weighted by molar-refractivity contribution is 7.89. The number of benzene rings is 1. The zero-order valence-corrected chi connectivity index (χ0v) is 15.9. The summed E-state index contributed by atoms with van der Waals surface area (Å²) < 4.78 is 83.5. The van der Waals surface area contributed by atoms with Gasteiger partial charge in [-0.05, 0) is 30.3 Å². The number of carbonyl (C=O) groups is 1. The first-order valence-electron chi connectivity index (χ1n) is 8.49. The van der Waals surface area contributed by atoms with Gasteiger partial charge in [0.25, 0.3) is 11.5 Å². The second kappa shape index (κ2) is 8.16. The highest BCUT2D eigenvalue weighted by atomic mass is 32.2. The summed E-state index contributed by atoms with van der Waals surface area (Å²) in [6.07, 6.45) is -4.80. The molecule has 1 aliphatic heterocycles. The Hall–Kier alpha value is -2.77. The molecule has 1 aromatic heterocycles. The molecule has 0 saturated carbocycles. The van der Waals surface area contributed by atoms with Crippen molar-refractivity contribution >= 4 is 21.6 Å². The lowest BCUT2D eigenvalue weighted by Crippen LogP contribution is -2.40. The Kier molecular flexibility index (Phi) is 5.97. The highest BCUT2D eigenvalue weighted by Gasteiger charge is 2.32. The maximum absolute atomic E-state index is 14.2. The molecule has 162 valence electrons. The lowest BCUT2D eigenvalue weighted by molar-refractivity contribution is -0.141. The molecule has 1 fully saturated rings. The van der Waals surface area contributed by atoms with E-state index in [9.17, 15) is 35.6 Å². The zero-order chi connectivity index (χ0) is 22.1. The first-order valence-corrected chi connectivity index (χ1v) is 9.93. The number of morpholine rings is 1. The number of aromatic amines is 1. The molecule has 8 nitrogen and oxygen atoms in total. The number of amides is 1. The van der Waals surface area contributed by atoms with E-state index in [1.807, 2.05) is 0 Å². The Morgan fingerprint density at radius 1 is 1.13 bits per heavy atom. The fourth-order valence-electron chi connectivity index (χ4n) is 2.72. The first-order chi connectivity index (χ1) is 14.0. The van der Waals surface area contributed by atoms with Gasteiger partial charge in [-0.1, -0.05) is 0 Å². The van der Waals surface area contributed by atoms with Gasteiger partial charge in [0.2, 0.25) is 10.0 Å². The molecule has 0 radical (unpaired) electrons. The van der Waals surface area contributed by atoms with Crippen LogP contribution in [0.2, 0.25) is 0 Å². The molecule has 0 bridgehead atoms. The number of nitrogens with zero attached hydrogens (tertiary/aromatic N) is 1. The number of H-pyrrole nitrogens is 1. The number of nitrogens with one attached hydrogen (secondary N) is 2. The topological polar surface area (TPSA) is 109 Å². The molecular weight excluding hydrogens is 434 g/mol. The third kappa shape index (κ3) is 4.52. The van der Waals surface area contributed by atoms with Gasteiger partial charge >= 0.3 is 6.18 Å². The van der Waals surface area contributed by atoms with Gasteiger partial charge in [0, 0.05) is 18.8 Å². The molecule has 13 heteroatoms. The van der Waals surface area contributed by atoms with Gasteiger partial charge in [0.1, 0.15) is 22.0 Å². The van der Waals surface area contributed by atoms with E-state index in [0.29, 0.717) is 12.1 Å². The van der Waals surface area contributed by atoms with Crippen LogP contribution in [-0.2, 0) is 20.9 Å². The molecule has 0 aliphatic carbocycles. The van der Waals surface area contributed by atoms with Crippen molar-refractivity contribution in [3.05, 3.63) is 57.8 Å². The third-order valence-electron chi connectivity index (χ3n) is 4.24. The minimum Gasteiger partial charge on any atom is -0.379 e. The molecule has 30 heavy (non-hydrogen) atoms. The van der Waals surface area contributed by atoms with E-state index in [2.05, 4.69) is 5.32 Å². The Labute approximate surface area is 167 Å². The molecule has 2 N–H and O–H groups in total. The number of halogens is 4. The van der Waals surface area contributed by atoms with Crippen molar-refractivity contribution in [3.63, 3.8) is 0 Å². The Balaban J connectivity index is 1.87. The highest BCUT2D eigenvalue weighted by Crippen LogP contribution is 2.27. The van der Waals surface area contributed by atoms with Gasteiger partial charge in [-0.2, -0.15) is 17.5 Å². The monoisotopic (exact) mass is 449 g/mol. The lowest BCUT2D eigenvalue weighted by atomic mass is 10.2. The van der Waals surface area contributed by atoms with E-state index in [-0.39, 0.29) is 32.0 Å². The van der Waals surface area contributed by atoms with Crippen LogP contribution < -0.4 is 10.9 Å². The number of anilines is 1. The van der Waals surface area contributed by atoms with Crippen molar-refractivity contribution in [2.75, 3.05) is 31.6 Å². The van der Waals surface area contributed by atoms with Crippen molar-refractivity contribution in [3.8, 4) is 0 Å². The number of hydrogen-bond acceptors (Lipinski definition) is 5. The largest absolute Gasteiger partial charge is 0.431 e. The molecule has 0 unspecified atom stereocenters. The molecule has 0 atom stereocenters. The van der Waals surface area contributed by atoms with Crippen molar-refractivity contribution in [1.29, 1.82) is 0 Å². The smallest absolute Gasteiger partial charge is 0.379 e. The van der Waals surface area contributed by atoms with Crippen LogP contribution in [0, 0.1) is 5.82 Å². The quantitative estimate of drug-likeness (QED) is 0.693. The predicted molar refractivity (Wildman–Crippen MR) is 96.0 cm³/mol. The molecule has 3 rings (SSSR count). The number of rotatable bonds is 4. The Morgan fingerprint density at radius 2 is 1.80 bits per heavy atom. The first kappa shape index (κ1) is 21.9. The number of aromatic nitrogens is 1. The molecule has 2 aromatic rings. The van der Waals surface area contributed by atoms with Crippen LogP contribution in [0.5, 0.6) is 0 Å². The molecule has 1 aliphatic rings. The lowest BCUT2D eigenvalue weighted by Gasteiger charge is -2.26. The van der Waals surface area contributed by atoms with Gasteiger partial charge in [0.15, 0.2) is 0 Å². The number of hydrogen-bond donors (Lipinski definition) is 2. The SMILES string of the molecule is O=C(Nc1ccc(F)c(S(=O)(=O)N2CCOCC2)c1)c1ccc(C(F)(F)F)[nH]c1=O. The molecule has 1 saturated heterocycles. The normalized spacial score (nSPS) is 15.7. The molecular formula is C17H15F4N3O5S. The minimum absolute atomic E-state index is 0.0271. The van der Waals surface area contributed by atoms with E-state index in [1.165, 1.54) is 0 Å². The van der Waals surface area contributed by atoms with Crippen LogP contribution in [0.3, 0.4) is 0 Å². The fourth-order valence-corrected chi connectivity index (χ4v) is 4.22. The third-order valence-corrected chi connectivity index (χ3v) is 6.15. The summed E-state index contributed by atoms with van der Waals surface area (Å²) >= 11 is 0. The van der Waals surface area contributed by atoms with Crippen molar-refractivity contribution in [1.82, 2.24) is 9.29 Å². The molecule has 2 heterocycles. The number of sulfonamides is 1. The number of alkyl halides is 3. The number of ether oxygens (including phenoxy) is 1. The van der Waals surface area contributed by atoms with Gasteiger partial charge in [-0.25, -0.2) is 12.8 Å². The summed E-state index contributed by atoms with van der Waals surface area (Å²) in [6.45, 7) is 0.348. The van der Waals surface area contributed by atoms with Crippen molar-refractivity contribution in [2.24, 2.45) is 0 Å². The number of carbonyl (C=O) groups excluding carboxylic acids is 1. The van der Waals surface area contributed by atoms with E-state index < -0.39 is 49.6 Å². The van der Waals surface area contributed by atoms with E-state index >= 15 is 0 Å². The standard InChI is InChI=1S/C17H15F4N3O5S/c18-12-3-1-10(9-13(12)30(27,28)24-5-7-29-8-6-24)22-15(25)11-2-4-14(17(19,20)21)23-16(11)26/h1-4,9H,5-8H2,(H,22,25)(H,23,26). The predicted octanol–water partition coefficient (Wildman–Crippen LogP) is 1.81. The van der Waals surface area contributed by atoms with Gasteiger partial charge in [-0.15, -0.1) is 0 Å². The Bertz CT molecular complexity index is 1120. The summed E-state index contributed by atoms with van der Waals surface area (Å²) in [5, 5.41) is 2.19. The second-order valence-electron chi connectivity index (χ2n) is 6.23. The van der Waals surface area contributed by atoms with Crippen LogP contribution in [-0.4, -0.2) is 49.9 Å². The summed E-state index contributed by atoms with van der Waals surface area (Å²) in [5.74, 6) is -2.14. The Morgan fingerprint density at radius 3 is 2.40 bits per heavy atom. The van der Waals surface area contributed by atoms with Gasteiger partial charge in [0.05, 0.1) is 13.2 Å². The summed E-state index contributed by atoms with van der Waals surface area (Å²) in [4.78, 5) is 24.9. The molecule has 1 amide bonds. The zero-order valence-electron chi connectivity index (χ0n) is 15.1. The van der Waals surface area contributed by atoms with Crippen molar-refractivity contribution < 1.29 is 35.5 Å². The van der Waals surface area contributed by atoms with Crippen LogP contribution in [0.4, 0.5) is 23.2 Å². The maximum atomic E-state index is 14.2. The second-order valence-corrected chi connectivity index (χ2v) is 8.13. The maximum Gasteiger partial charge on any atom is 0.431 e. The average Bonchev–Trinajstić information content (AvgIpc) is 2.69. The minimum atomic E-state index is -4.80. The number of pyridine rings is 1. The van der Waals surface area contributed by atoms with Crippen molar-refractivity contribution in [2.45, 2.75) is 11.1 Å². The van der Waals surface area contributed by atoms with Gasteiger partial charge in [-0.3, -0.25) is 9.59 Å². The van der Waals surface area contributed by atoms with E-state index in [4.69, 9.17) is 4.74 Å².